The molecule has 1 aromatic carbocycles. The van der Waals surface area contributed by atoms with Gasteiger partial charge in [-0.25, -0.2) is 12.8 Å². The molecule has 0 aliphatic carbocycles. The van der Waals surface area contributed by atoms with E-state index in [9.17, 15) is 12.8 Å². The number of rotatable bonds is 2. The third-order valence-corrected chi connectivity index (χ3v) is 5.74. The van der Waals surface area contributed by atoms with Gasteiger partial charge in [-0.2, -0.15) is 0 Å². The SMILES string of the molecule is N=C(N)c1ccc(N2CCCS(=O)(=O)CC2)c(F)c1Br. The molecule has 2 rings (SSSR count). The summed E-state index contributed by atoms with van der Waals surface area (Å²) in [4.78, 5) is 1.72. The summed E-state index contributed by atoms with van der Waals surface area (Å²) in [5, 5.41) is 7.36. The Morgan fingerprint density at radius 3 is 2.70 bits per heavy atom. The Bertz CT molecular complexity index is 648. The van der Waals surface area contributed by atoms with Crippen molar-refractivity contribution in [1.82, 2.24) is 0 Å². The molecule has 0 atom stereocenters. The molecular weight excluding hydrogens is 349 g/mol. The quantitative estimate of drug-likeness (QED) is 0.615. The molecule has 0 bridgehead atoms. The minimum Gasteiger partial charge on any atom is -0.384 e. The molecule has 20 heavy (non-hydrogen) atoms. The number of hydrogen-bond acceptors (Lipinski definition) is 4. The second-order valence-corrected chi connectivity index (χ2v) is 7.76. The summed E-state index contributed by atoms with van der Waals surface area (Å²) in [6.45, 7) is 0.757. The van der Waals surface area contributed by atoms with Crippen LogP contribution in [0.5, 0.6) is 0 Å². The molecule has 3 N–H and O–H groups in total. The van der Waals surface area contributed by atoms with Gasteiger partial charge >= 0.3 is 0 Å². The van der Waals surface area contributed by atoms with Crippen molar-refractivity contribution >= 4 is 37.3 Å². The van der Waals surface area contributed by atoms with E-state index < -0.39 is 15.7 Å². The number of sulfone groups is 1. The van der Waals surface area contributed by atoms with Gasteiger partial charge in [0, 0.05) is 18.7 Å². The van der Waals surface area contributed by atoms with Crippen LogP contribution in [0.1, 0.15) is 12.0 Å². The first-order valence-electron chi connectivity index (χ1n) is 6.09. The number of nitrogens with zero attached hydrogens (tertiary/aromatic N) is 1. The summed E-state index contributed by atoms with van der Waals surface area (Å²) in [6, 6.07) is 3.10. The average molecular weight is 364 g/mol. The van der Waals surface area contributed by atoms with E-state index in [-0.39, 0.29) is 33.9 Å². The zero-order valence-electron chi connectivity index (χ0n) is 10.7. The van der Waals surface area contributed by atoms with Gasteiger partial charge in [-0.3, -0.25) is 5.41 Å². The molecule has 0 aromatic heterocycles. The van der Waals surface area contributed by atoms with Crippen molar-refractivity contribution in [3.63, 3.8) is 0 Å². The highest BCUT2D eigenvalue weighted by Crippen LogP contribution is 2.30. The van der Waals surface area contributed by atoms with E-state index in [0.717, 1.165) is 0 Å². The first kappa shape index (κ1) is 15.2. The van der Waals surface area contributed by atoms with Gasteiger partial charge in [0.25, 0.3) is 0 Å². The van der Waals surface area contributed by atoms with Crippen LogP contribution in [0.4, 0.5) is 10.1 Å². The first-order valence-corrected chi connectivity index (χ1v) is 8.71. The summed E-state index contributed by atoms with van der Waals surface area (Å²) >= 11 is 3.10. The normalized spacial score (nSPS) is 18.6. The van der Waals surface area contributed by atoms with Crippen molar-refractivity contribution in [2.75, 3.05) is 29.5 Å². The Morgan fingerprint density at radius 2 is 2.05 bits per heavy atom. The lowest BCUT2D eigenvalue weighted by Crippen LogP contribution is -2.28. The Labute approximate surface area is 125 Å². The summed E-state index contributed by atoms with van der Waals surface area (Å²) in [5.74, 6) is -0.575. The van der Waals surface area contributed by atoms with Crippen molar-refractivity contribution in [3.8, 4) is 0 Å². The molecule has 0 spiro atoms. The Morgan fingerprint density at radius 1 is 1.35 bits per heavy atom. The van der Waals surface area contributed by atoms with Gasteiger partial charge < -0.3 is 10.6 Å². The van der Waals surface area contributed by atoms with Crippen molar-refractivity contribution in [2.45, 2.75) is 6.42 Å². The van der Waals surface area contributed by atoms with E-state index in [1.807, 2.05) is 0 Å². The van der Waals surface area contributed by atoms with Crippen LogP contribution < -0.4 is 10.6 Å². The van der Waals surface area contributed by atoms with Gasteiger partial charge in [0.15, 0.2) is 15.7 Å². The van der Waals surface area contributed by atoms with Crippen LogP contribution >= 0.6 is 15.9 Å². The lowest BCUT2D eigenvalue weighted by Gasteiger charge is -2.23. The number of nitrogens with one attached hydrogen (secondary N) is 1. The van der Waals surface area contributed by atoms with Gasteiger partial charge in [0.2, 0.25) is 0 Å². The summed E-state index contributed by atoms with van der Waals surface area (Å²) in [7, 11) is -3.03. The maximum Gasteiger partial charge on any atom is 0.161 e. The smallest absolute Gasteiger partial charge is 0.161 e. The van der Waals surface area contributed by atoms with E-state index in [0.29, 0.717) is 18.7 Å². The predicted molar refractivity (Wildman–Crippen MR) is 80.6 cm³/mol. The van der Waals surface area contributed by atoms with Crippen molar-refractivity contribution in [1.29, 1.82) is 5.41 Å². The highest BCUT2D eigenvalue weighted by molar-refractivity contribution is 9.10. The highest BCUT2D eigenvalue weighted by Gasteiger charge is 2.23. The fraction of sp³-hybridized carbons (Fsp3) is 0.417. The van der Waals surface area contributed by atoms with Crippen molar-refractivity contribution in [2.24, 2.45) is 5.73 Å². The number of anilines is 1. The molecule has 0 amide bonds. The molecule has 1 saturated heterocycles. The molecule has 1 fully saturated rings. The molecule has 1 aliphatic rings. The van der Waals surface area contributed by atoms with Gasteiger partial charge in [0.05, 0.1) is 21.7 Å². The van der Waals surface area contributed by atoms with Gasteiger partial charge in [-0.15, -0.1) is 0 Å². The van der Waals surface area contributed by atoms with Crippen LogP contribution in [-0.4, -0.2) is 38.8 Å². The van der Waals surface area contributed by atoms with E-state index in [1.54, 1.807) is 11.0 Å². The van der Waals surface area contributed by atoms with Crippen LogP contribution in [0, 0.1) is 11.2 Å². The number of nitrogens with two attached hydrogens (primary N) is 1. The van der Waals surface area contributed by atoms with Gasteiger partial charge in [-0.05, 0) is 34.5 Å². The zero-order chi connectivity index (χ0) is 14.9. The first-order chi connectivity index (χ1) is 9.32. The second-order valence-electron chi connectivity index (χ2n) is 4.67. The predicted octanol–water partition coefficient (Wildman–Crippen LogP) is 1.50. The maximum absolute atomic E-state index is 14.3. The fourth-order valence-corrected chi connectivity index (χ4v) is 3.99. The molecule has 0 saturated carbocycles. The van der Waals surface area contributed by atoms with Crippen LogP contribution in [0.15, 0.2) is 16.6 Å². The number of nitrogen functional groups attached to an aromatic ring is 1. The molecule has 110 valence electrons. The maximum atomic E-state index is 14.3. The summed E-state index contributed by atoms with van der Waals surface area (Å²) in [6.07, 6.45) is 0.480. The summed E-state index contributed by atoms with van der Waals surface area (Å²) < 4.78 is 37.6. The zero-order valence-corrected chi connectivity index (χ0v) is 13.1. The van der Waals surface area contributed by atoms with E-state index in [2.05, 4.69) is 15.9 Å². The molecule has 5 nitrogen and oxygen atoms in total. The number of amidine groups is 1. The molecule has 1 aromatic rings. The fourth-order valence-electron chi connectivity index (χ4n) is 2.17. The number of halogens is 2. The van der Waals surface area contributed by atoms with Gasteiger partial charge in [0.1, 0.15) is 5.84 Å². The van der Waals surface area contributed by atoms with Crippen LogP contribution in [0.25, 0.3) is 0 Å². The Kier molecular flexibility index (Phi) is 4.33. The van der Waals surface area contributed by atoms with E-state index in [4.69, 9.17) is 11.1 Å². The van der Waals surface area contributed by atoms with Crippen molar-refractivity contribution in [3.05, 3.63) is 28.0 Å². The Hall–Kier alpha value is -1.15. The third-order valence-electron chi connectivity index (χ3n) is 3.25. The topological polar surface area (TPSA) is 87.2 Å². The monoisotopic (exact) mass is 363 g/mol. The third kappa shape index (κ3) is 3.12. The summed E-state index contributed by atoms with van der Waals surface area (Å²) in [5.41, 5.74) is 5.98. The molecule has 0 unspecified atom stereocenters. The lowest BCUT2D eigenvalue weighted by molar-refractivity contribution is 0.596. The van der Waals surface area contributed by atoms with E-state index >= 15 is 0 Å². The second kappa shape index (κ2) is 5.69. The molecule has 8 heteroatoms. The number of hydrogen-bond donors (Lipinski definition) is 2. The van der Waals surface area contributed by atoms with Crippen molar-refractivity contribution < 1.29 is 12.8 Å². The molecule has 0 radical (unpaired) electrons. The van der Waals surface area contributed by atoms with Crippen LogP contribution in [-0.2, 0) is 9.84 Å². The highest BCUT2D eigenvalue weighted by atomic mass is 79.9. The average Bonchev–Trinajstić information content (AvgIpc) is 2.53. The standard InChI is InChI=1S/C12H15BrFN3O2S/c13-10-8(12(15)16)2-3-9(11(10)14)17-4-1-6-20(18,19)7-5-17/h2-3H,1,4-7H2,(H3,15,16). The van der Waals surface area contributed by atoms with Crippen LogP contribution in [0.3, 0.4) is 0 Å². The lowest BCUT2D eigenvalue weighted by atomic mass is 10.1. The minimum absolute atomic E-state index is 0.0263. The number of benzene rings is 1. The molecule has 1 heterocycles. The molecular formula is C12H15BrFN3O2S. The Balaban J connectivity index is 2.34. The van der Waals surface area contributed by atoms with E-state index in [1.165, 1.54) is 6.07 Å². The van der Waals surface area contributed by atoms with Gasteiger partial charge in [-0.1, -0.05) is 0 Å². The minimum atomic E-state index is -3.03. The van der Waals surface area contributed by atoms with Crippen LogP contribution in [0.2, 0.25) is 0 Å². The molecule has 1 aliphatic heterocycles. The largest absolute Gasteiger partial charge is 0.384 e.